The maximum atomic E-state index is 15.6. The molecule has 0 aromatic heterocycles. The monoisotopic (exact) mass is 966 g/mol. The molecule has 18 heteroatoms. The lowest BCUT2D eigenvalue weighted by molar-refractivity contribution is -0.288. The van der Waals surface area contributed by atoms with E-state index in [4.69, 9.17) is 9.47 Å². The molecule has 0 spiro atoms. The molecule has 0 unspecified atom stereocenters. The van der Waals surface area contributed by atoms with Gasteiger partial charge < -0.3 is 34.9 Å². The largest absolute Gasteiger partial charge is 0.478 e. The fraction of sp³-hybridized carbons (Fsp3) is 0.0980. The minimum atomic E-state index is -6.30. The van der Waals surface area contributed by atoms with Crippen molar-refractivity contribution in [2.24, 2.45) is 0 Å². The van der Waals surface area contributed by atoms with E-state index >= 15 is 30.9 Å². The third kappa shape index (κ3) is 9.54. The van der Waals surface area contributed by atoms with Gasteiger partial charge in [0.15, 0.2) is 7.14 Å². The molecule has 0 saturated heterocycles. The van der Waals surface area contributed by atoms with Gasteiger partial charge in [0.25, 0.3) is 11.8 Å². The fourth-order valence-corrected chi connectivity index (χ4v) is 10.5. The van der Waals surface area contributed by atoms with Crippen molar-refractivity contribution < 1.29 is 69.8 Å². The Morgan fingerprint density at radius 2 is 1.01 bits per heavy atom. The second kappa shape index (κ2) is 19.2. The van der Waals surface area contributed by atoms with E-state index in [1.54, 1.807) is 84.9 Å². The van der Waals surface area contributed by atoms with Crippen molar-refractivity contribution in [1.82, 2.24) is 5.32 Å². The minimum Gasteiger partial charge on any atom is -0.478 e. The Bertz CT molecular complexity index is 3090. The van der Waals surface area contributed by atoms with Crippen LogP contribution < -0.4 is 36.0 Å². The van der Waals surface area contributed by atoms with Crippen molar-refractivity contribution in [2.45, 2.75) is 24.7 Å². The van der Waals surface area contributed by atoms with Gasteiger partial charge in [0.2, 0.25) is 5.41 Å². The lowest BCUT2D eigenvalue weighted by Gasteiger charge is -2.38. The highest BCUT2D eigenvalue weighted by atomic mass is 31.2. The van der Waals surface area contributed by atoms with Crippen molar-refractivity contribution >= 4 is 52.5 Å². The van der Waals surface area contributed by atoms with Gasteiger partial charge in [-0.1, -0.05) is 96.6 Å². The van der Waals surface area contributed by atoms with Gasteiger partial charge in [0.05, 0.1) is 27.6 Å². The Kier molecular flexibility index (Phi) is 13.6. The first-order valence-electron chi connectivity index (χ1n) is 20.5. The second-order valence-electron chi connectivity index (χ2n) is 15.4. The topological polar surface area (TPSA) is 168 Å². The fourth-order valence-electron chi connectivity index (χ4n) is 7.73. The molecule has 0 aliphatic heterocycles. The number of rotatable bonds is 14. The highest BCUT2D eigenvalue weighted by Crippen LogP contribution is 2.57. The van der Waals surface area contributed by atoms with Crippen LogP contribution in [0.5, 0.6) is 23.0 Å². The van der Waals surface area contributed by atoms with Crippen LogP contribution in [0.4, 0.5) is 32.0 Å². The lowest BCUT2D eigenvalue weighted by atomic mass is 9.71. The van der Waals surface area contributed by atoms with Crippen LogP contribution in [0, 0.1) is 6.92 Å². The van der Waals surface area contributed by atoms with Crippen LogP contribution in [0.3, 0.4) is 0 Å². The molecule has 69 heavy (non-hydrogen) atoms. The minimum absolute atomic E-state index is 0.0219. The Labute approximate surface area is 389 Å². The molecule has 11 nitrogen and oxygen atoms in total. The molecule has 352 valence electrons. The molecule has 7 rings (SSSR count). The average Bonchev–Trinajstić information content (AvgIpc) is 3.31. The van der Waals surface area contributed by atoms with E-state index < -0.39 is 82.0 Å². The molecule has 7 aromatic carbocycles. The van der Waals surface area contributed by atoms with Crippen LogP contribution in [0.1, 0.15) is 58.1 Å². The summed E-state index contributed by atoms with van der Waals surface area (Å²) in [5.41, 5.74) is -11.6. The van der Waals surface area contributed by atoms with Crippen LogP contribution in [0.25, 0.3) is 0 Å². The summed E-state index contributed by atoms with van der Waals surface area (Å²) in [4.78, 5) is 50.9. The number of carbonyl (C=O) groups is 4. The first-order chi connectivity index (χ1) is 32.7. The van der Waals surface area contributed by atoms with Crippen LogP contribution in [0.2, 0.25) is 0 Å². The molecule has 0 radical (unpaired) electrons. The number of benzene rings is 7. The van der Waals surface area contributed by atoms with Crippen LogP contribution in [0.15, 0.2) is 164 Å². The van der Waals surface area contributed by atoms with Gasteiger partial charge in [-0.3, -0.25) is 9.59 Å². The first-order valence-corrected chi connectivity index (χ1v) is 22.2. The number of alkyl halides is 6. The molecule has 0 aliphatic carbocycles. The van der Waals surface area contributed by atoms with Crippen LogP contribution >= 0.6 is 7.14 Å². The maximum Gasteiger partial charge on any atom is 0.411 e. The molecule has 2 amide bonds. The van der Waals surface area contributed by atoms with Gasteiger partial charge in [-0.05, 0) is 78.7 Å². The van der Waals surface area contributed by atoms with E-state index in [-0.39, 0.29) is 52.5 Å². The van der Waals surface area contributed by atoms with E-state index in [0.717, 1.165) is 12.6 Å². The van der Waals surface area contributed by atoms with Gasteiger partial charge >= 0.3 is 24.3 Å². The number of anilines is 1. The van der Waals surface area contributed by atoms with Gasteiger partial charge in [-0.25, -0.2) is 9.59 Å². The third-order valence-electron chi connectivity index (χ3n) is 11.0. The number of aromatic carboxylic acids is 2. The summed E-state index contributed by atoms with van der Waals surface area (Å²) in [5, 5.41) is 25.1. The van der Waals surface area contributed by atoms with Gasteiger partial charge in [0.1, 0.15) is 23.0 Å². The molecular formula is C51H37F6N2O9P. The summed E-state index contributed by atoms with van der Waals surface area (Å²) < 4.78 is 120. The van der Waals surface area contributed by atoms with Crippen molar-refractivity contribution in [3.05, 3.63) is 203 Å². The molecular weight excluding hydrogens is 930 g/mol. The third-order valence-corrected chi connectivity index (χ3v) is 14.1. The van der Waals surface area contributed by atoms with Crippen molar-refractivity contribution in [3.8, 4) is 23.0 Å². The summed E-state index contributed by atoms with van der Waals surface area (Å²) in [6.45, 7) is 1.90. The number of hydrogen-bond donors (Lipinski definition) is 4. The summed E-state index contributed by atoms with van der Waals surface area (Å²) in [6.07, 6.45) is -12.6. The second-order valence-corrected chi connectivity index (χ2v) is 18.1. The number of carbonyl (C=O) groups excluding carboxylic acids is 2. The molecule has 7 aromatic rings. The lowest BCUT2D eigenvalue weighted by Crippen LogP contribution is -2.55. The molecule has 0 atom stereocenters. The van der Waals surface area contributed by atoms with Crippen molar-refractivity contribution in [3.63, 3.8) is 0 Å². The predicted molar refractivity (Wildman–Crippen MR) is 245 cm³/mol. The smallest absolute Gasteiger partial charge is 0.411 e. The maximum absolute atomic E-state index is 15.6. The van der Waals surface area contributed by atoms with Crippen molar-refractivity contribution in [2.75, 3.05) is 12.4 Å². The summed E-state index contributed by atoms with van der Waals surface area (Å²) in [7, 11) is -2.76. The van der Waals surface area contributed by atoms with Gasteiger partial charge in [-0.2, -0.15) is 26.3 Å². The molecule has 4 N–H and O–H groups in total. The highest BCUT2D eigenvalue weighted by molar-refractivity contribution is 7.85. The number of carboxylic acids is 2. The van der Waals surface area contributed by atoms with E-state index in [1.165, 1.54) is 30.3 Å². The summed E-state index contributed by atoms with van der Waals surface area (Å²) in [5.74, 6) is -5.74. The number of aryl methyl sites for hydroxylation is 1. The molecule has 0 fully saturated rings. The van der Waals surface area contributed by atoms with E-state index in [2.05, 4.69) is 5.32 Å². The van der Waals surface area contributed by atoms with Gasteiger partial charge in [-0.15, -0.1) is 0 Å². The average molecular weight is 967 g/mol. The standard InChI is InChI=1S/C51H37F6N2O9P/c1-30-16-20-34(21-17-30)67-36-22-25-44(69(66,37-12-5-3-6-13-37)38-14-7-4-8-15-38)43(29-36)68-35-11-9-10-33(28-35)59-46(61)42-27-32(19-24-40(42)48(64)65)49(50(52,53)54,51(55,56)57)31-18-23-39(47(62)63)41(26-31)45(60)58-2/h3-29H,1-2H3,(H,58,60)(H,59,61)(H,62,63)(H,64,65). The summed E-state index contributed by atoms with van der Waals surface area (Å²) >= 11 is 0. The Morgan fingerprint density at radius 1 is 0.522 bits per heavy atom. The Hall–Kier alpha value is -8.17. The number of ether oxygens (including phenoxy) is 2. The summed E-state index contributed by atoms with van der Waals surface area (Å²) in [6, 6.07) is 36.0. The Balaban J connectivity index is 1.32. The highest BCUT2D eigenvalue weighted by Gasteiger charge is 2.72. The van der Waals surface area contributed by atoms with Crippen LogP contribution in [-0.2, 0) is 9.98 Å². The number of nitrogens with one attached hydrogen (secondary N) is 2. The quantitative estimate of drug-likeness (QED) is 0.0612. The molecule has 0 aliphatic rings. The number of halogens is 6. The van der Waals surface area contributed by atoms with Crippen LogP contribution in [-0.4, -0.2) is 53.4 Å². The zero-order valence-electron chi connectivity index (χ0n) is 36.1. The predicted octanol–water partition coefficient (Wildman–Crippen LogP) is 10.6. The first kappa shape index (κ1) is 48.8. The molecule has 0 saturated carbocycles. The van der Waals surface area contributed by atoms with E-state index in [0.29, 0.717) is 28.5 Å². The molecule has 0 bridgehead atoms. The zero-order chi connectivity index (χ0) is 49.9. The van der Waals surface area contributed by atoms with Crippen molar-refractivity contribution in [1.29, 1.82) is 0 Å². The van der Waals surface area contributed by atoms with Gasteiger partial charge in [0, 0.05) is 35.5 Å². The van der Waals surface area contributed by atoms with E-state index in [9.17, 15) is 29.4 Å². The Morgan fingerprint density at radius 3 is 1.51 bits per heavy atom. The SMILES string of the molecule is CNC(=O)c1cc(C(c2ccc(C(=O)O)c(C(=O)Nc3cccc(Oc4cc(Oc5ccc(C)cc5)ccc4P(=O)(c4ccccc4)c4ccccc4)c3)c2)(C(F)(F)F)C(F)(F)F)ccc1C(=O)O. The van der Waals surface area contributed by atoms with E-state index in [1.807, 2.05) is 24.4 Å². The molecule has 0 heterocycles. The number of carboxylic acid groups (broad SMARTS) is 2. The normalized spacial score (nSPS) is 11.9. The zero-order valence-corrected chi connectivity index (χ0v) is 37.0. The number of hydrogen-bond acceptors (Lipinski definition) is 7. The number of amides is 2.